The van der Waals surface area contributed by atoms with Crippen LogP contribution < -0.4 is 0 Å². The Labute approximate surface area is 150 Å². The molecule has 0 spiro atoms. The molecule has 0 unspecified atom stereocenters. The van der Waals surface area contributed by atoms with Crippen LogP contribution in [0.15, 0.2) is 64.4 Å². The van der Waals surface area contributed by atoms with Crippen molar-refractivity contribution in [2.24, 2.45) is 0 Å². The summed E-state index contributed by atoms with van der Waals surface area (Å²) in [5.74, 6) is -0.0226. The molecular weight excluding hydrogens is 358 g/mol. The highest BCUT2D eigenvalue weighted by molar-refractivity contribution is 7.91. The van der Waals surface area contributed by atoms with E-state index in [4.69, 9.17) is 0 Å². The Morgan fingerprint density at radius 3 is 1.84 bits per heavy atom. The molecule has 0 aromatic heterocycles. The molecule has 0 aliphatic carbocycles. The highest BCUT2D eigenvalue weighted by Crippen LogP contribution is 2.23. The van der Waals surface area contributed by atoms with Crippen molar-refractivity contribution in [2.75, 3.05) is 5.75 Å². The fourth-order valence-corrected chi connectivity index (χ4v) is 4.94. The number of nitrogens with zero attached hydrogens (tertiary/aromatic N) is 1. The molecule has 0 atom stereocenters. The average molecular weight is 382 g/mol. The molecule has 25 heavy (non-hydrogen) atoms. The van der Waals surface area contributed by atoms with Crippen LogP contribution in [0.25, 0.3) is 0 Å². The van der Waals surface area contributed by atoms with E-state index in [0.29, 0.717) is 0 Å². The lowest BCUT2D eigenvalue weighted by Gasteiger charge is -2.26. The molecule has 7 heteroatoms. The predicted octanol–water partition coefficient (Wildman–Crippen LogP) is 3.08. The molecule has 0 bridgehead atoms. The minimum absolute atomic E-state index is 0.0226. The topological polar surface area (TPSA) is 71.5 Å². The van der Waals surface area contributed by atoms with E-state index in [0.717, 1.165) is 5.56 Å². The first-order chi connectivity index (χ1) is 11.7. The lowest BCUT2D eigenvalue weighted by molar-refractivity contribution is 0.348. The van der Waals surface area contributed by atoms with Crippen LogP contribution in [-0.4, -0.2) is 32.9 Å². The third-order valence-electron chi connectivity index (χ3n) is 3.93. The zero-order valence-corrected chi connectivity index (χ0v) is 16.2. The number of sulfonamides is 1. The molecule has 0 N–H and O–H groups in total. The van der Waals surface area contributed by atoms with Crippen LogP contribution in [0, 0.1) is 0 Å². The summed E-state index contributed by atoms with van der Waals surface area (Å²) in [6.07, 6.45) is 0. The van der Waals surface area contributed by atoms with Crippen LogP contribution in [0.3, 0.4) is 0 Å². The quantitative estimate of drug-likeness (QED) is 0.739. The number of hydrogen-bond acceptors (Lipinski definition) is 4. The van der Waals surface area contributed by atoms with Crippen molar-refractivity contribution < 1.29 is 16.8 Å². The van der Waals surface area contributed by atoms with Gasteiger partial charge in [0.2, 0.25) is 10.0 Å². The van der Waals surface area contributed by atoms with Crippen LogP contribution in [0.1, 0.15) is 26.3 Å². The molecule has 0 heterocycles. The van der Waals surface area contributed by atoms with Gasteiger partial charge in [-0.3, -0.25) is 0 Å². The molecule has 2 rings (SSSR count). The van der Waals surface area contributed by atoms with Crippen molar-refractivity contribution in [1.29, 1.82) is 0 Å². The summed E-state index contributed by atoms with van der Waals surface area (Å²) in [6, 6.07) is 14.6. The van der Waals surface area contributed by atoms with Gasteiger partial charge in [0, 0.05) is 12.6 Å². The monoisotopic (exact) mass is 381 g/mol. The summed E-state index contributed by atoms with van der Waals surface area (Å²) in [6.45, 7) is 5.45. The van der Waals surface area contributed by atoms with Gasteiger partial charge in [0.1, 0.15) is 0 Å². The second-order valence-electron chi connectivity index (χ2n) is 6.00. The van der Waals surface area contributed by atoms with Gasteiger partial charge in [-0.1, -0.05) is 37.3 Å². The van der Waals surface area contributed by atoms with E-state index in [1.54, 1.807) is 6.92 Å². The molecule has 136 valence electrons. The van der Waals surface area contributed by atoms with Gasteiger partial charge in [-0.25, -0.2) is 16.8 Å². The van der Waals surface area contributed by atoms with Gasteiger partial charge in [-0.15, -0.1) is 0 Å². The van der Waals surface area contributed by atoms with Gasteiger partial charge in [0.05, 0.1) is 15.5 Å². The van der Waals surface area contributed by atoms with Crippen molar-refractivity contribution in [3.63, 3.8) is 0 Å². The first-order valence-electron chi connectivity index (χ1n) is 8.07. The minimum Gasteiger partial charge on any atom is -0.224 e. The average Bonchev–Trinajstić information content (AvgIpc) is 2.60. The maximum Gasteiger partial charge on any atom is 0.243 e. The molecule has 0 aliphatic rings. The largest absolute Gasteiger partial charge is 0.243 e. The van der Waals surface area contributed by atoms with E-state index in [1.165, 1.54) is 28.6 Å². The molecule has 0 saturated carbocycles. The van der Waals surface area contributed by atoms with Gasteiger partial charge in [-0.05, 0) is 43.7 Å². The van der Waals surface area contributed by atoms with Gasteiger partial charge >= 0.3 is 0 Å². The smallest absolute Gasteiger partial charge is 0.224 e. The summed E-state index contributed by atoms with van der Waals surface area (Å²) in [5.41, 5.74) is 0.893. The molecule has 0 radical (unpaired) electrons. The first-order valence-corrected chi connectivity index (χ1v) is 11.2. The predicted molar refractivity (Wildman–Crippen MR) is 98.5 cm³/mol. The summed E-state index contributed by atoms with van der Waals surface area (Å²) in [7, 11) is -7.08. The zero-order chi connectivity index (χ0) is 18.7. The van der Waals surface area contributed by atoms with E-state index in [-0.39, 0.29) is 28.1 Å². The van der Waals surface area contributed by atoms with E-state index in [9.17, 15) is 16.8 Å². The maximum atomic E-state index is 13.0. The maximum absolute atomic E-state index is 13.0. The van der Waals surface area contributed by atoms with E-state index in [2.05, 4.69) is 0 Å². The van der Waals surface area contributed by atoms with Crippen molar-refractivity contribution in [1.82, 2.24) is 4.31 Å². The molecule has 0 aliphatic heterocycles. The lowest BCUT2D eigenvalue weighted by Crippen LogP contribution is -2.36. The van der Waals surface area contributed by atoms with Gasteiger partial charge in [0.15, 0.2) is 9.84 Å². The molecule has 0 amide bonds. The number of sulfone groups is 1. The van der Waals surface area contributed by atoms with E-state index in [1.807, 2.05) is 44.2 Å². The van der Waals surface area contributed by atoms with Crippen LogP contribution in [-0.2, 0) is 26.4 Å². The van der Waals surface area contributed by atoms with E-state index >= 15 is 0 Å². The minimum atomic E-state index is -3.73. The summed E-state index contributed by atoms with van der Waals surface area (Å²) in [5, 5.41) is 0. The van der Waals surface area contributed by atoms with Crippen LogP contribution in [0.5, 0.6) is 0 Å². The van der Waals surface area contributed by atoms with Gasteiger partial charge in [0.25, 0.3) is 0 Å². The van der Waals surface area contributed by atoms with Crippen molar-refractivity contribution in [3.05, 3.63) is 60.2 Å². The Bertz CT molecular complexity index is 903. The fraction of sp³-hybridized carbons (Fsp3) is 0.333. The molecular formula is C18H23NO4S2. The van der Waals surface area contributed by atoms with Gasteiger partial charge in [-0.2, -0.15) is 4.31 Å². The number of benzene rings is 2. The van der Waals surface area contributed by atoms with Crippen LogP contribution in [0.2, 0.25) is 0 Å². The van der Waals surface area contributed by atoms with Crippen molar-refractivity contribution >= 4 is 19.9 Å². The lowest BCUT2D eigenvalue weighted by atomic mass is 10.2. The SMILES string of the molecule is CCS(=O)(=O)c1ccc(S(=O)(=O)N(Cc2ccccc2)C(C)C)cc1. The second kappa shape index (κ2) is 7.68. The zero-order valence-electron chi connectivity index (χ0n) is 14.6. The molecule has 0 saturated heterocycles. The van der Waals surface area contributed by atoms with Crippen molar-refractivity contribution in [3.8, 4) is 0 Å². The highest BCUT2D eigenvalue weighted by Gasteiger charge is 2.27. The molecule has 2 aromatic rings. The fourth-order valence-electron chi connectivity index (χ4n) is 2.43. The normalized spacial score (nSPS) is 12.7. The molecule has 2 aromatic carbocycles. The Hall–Kier alpha value is -1.70. The highest BCUT2D eigenvalue weighted by atomic mass is 32.2. The standard InChI is InChI=1S/C18H23NO4S2/c1-4-24(20,21)17-10-12-18(13-11-17)25(22,23)19(15(2)3)14-16-8-6-5-7-9-16/h5-13,15H,4,14H2,1-3H3. The van der Waals surface area contributed by atoms with Crippen LogP contribution >= 0.6 is 0 Å². The Morgan fingerprint density at radius 2 is 1.36 bits per heavy atom. The Kier molecular flexibility index (Phi) is 6.03. The number of rotatable bonds is 7. The molecule has 5 nitrogen and oxygen atoms in total. The third kappa shape index (κ3) is 4.48. The summed E-state index contributed by atoms with van der Waals surface area (Å²) < 4.78 is 51.1. The van der Waals surface area contributed by atoms with Gasteiger partial charge < -0.3 is 0 Å². The number of hydrogen-bond donors (Lipinski definition) is 0. The third-order valence-corrected chi connectivity index (χ3v) is 7.71. The molecule has 0 fully saturated rings. The van der Waals surface area contributed by atoms with Crippen LogP contribution in [0.4, 0.5) is 0 Å². The van der Waals surface area contributed by atoms with Crippen molar-refractivity contribution in [2.45, 2.75) is 43.1 Å². The first kappa shape index (κ1) is 19.6. The van der Waals surface area contributed by atoms with E-state index < -0.39 is 19.9 Å². The second-order valence-corrected chi connectivity index (χ2v) is 10.2. The Balaban J connectivity index is 2.37. The summed E-state index contributed by atoms with van der Waals surface area (Å²) >= 11 is 0. The summed E-state index contributed by atoms with van der Waals surface area (Å²) in [4.78, 5) is 0.222. The Morgan fingerprint density at radius 1 is 0.840 bits per heavy atom.